The topological polar surface area (TPSA) is 8.17 Å². The van der Waals surface area contributed by atoms with Gasteiger partial charge >= 0.3 is 0 Å². The molecule has 0 aliphatic rings. The van der Waals surface area contributed by atoms with Crippen LogP contribution in [0.15, 0.2) is 34.9 Å². The van der Waals surface area contributed by atoms with E-state index in [9.17, 15) is 0 Å². The Morgan fingerprint density at radius 2 is 2.07 bits per heavy atom. The fourth-order valence-electron chi connectivity index (χ4n) is 1.51. The minimum Gasteiger partial charge on any atom is -0.355 e. The van der Waals surface area contributed by atoms with Gasteiger partial charge in [0.1, 0.15) is 0 Å². The second-order valence-electron chi connectivity index (χ2n) is 3.54. The molecule has 2 rings (SSSR count). The maximum Gasteiger partial charge on any atom is 0.179 e. The van der Waals surface area contributed by atoms with Crippen molar-refractivity contribution in [3.63, 3.8) is 0 Å². The molecule has 0 bridgehead atoms. The van der Waals surface area contributed by atoms with E-state index in [0.29, 0.717) is 0 Å². The second-order valence-corrected chi connectivity index (χ2v) is 4.75. The molecule has 1 aromatic carbocycles. The molecule has 1 aromatic heterocycles. The summed E-state index contributed by atoms with van der Waals surface area (Å²) >= 11 is 8.87. The third kappa shape index (κ3) is 1.79. The van der Waals surface area contributed by atoms with Gasteiger partial charge in [-0.05, 0) is 30.4 Å². The lowest BCUT2D eigenvalue weighted by atomic mass is 10.2. The van der Waals surface area contributed by atoms with Gasteiger partial charge in [-0.3, -0.25) is 4.57 Å². The van der Waals surface area contributed by atoms with E-state index in [1.807, 2.05) is 41.9 Å². The highest BCUT2D eigenvalue weighted by molar-refractivity contribution is 9.10. The zero-order chi connectivity index (χ0) is 11.0. The molecule has 1 heterocycles. The Labute approximate surface area is 103 Å². The lowest BCUT2D eigenvalue weighted by Gasteiger charge is -2.15. The summed E-state index contributed by atoms with van der Waals surface area (Å²) in [6.45, 7) is 0. The van der Waals surface area contributed by atoms with E-state index in [0.717, 1.165) is 15.1 Å². The second kappa shape index (κ2) is 3.94. The van der Waals surface area contributed by atoms with Gasteiger partial charge in [-0.25, -0.2) is 0 Å². The lowest BCUT2D eigenvalue weighted by Crippen LogP contribution is -2.26. The molecule has 4 heteroatoms. The van der Waals surface area contributed by atoms with E-state index in [-0.39, 0.29) is 0 Å². The summed E-state index contributed by atoms with van der Waals surface area (Å²) in [6.07, 6.45) is 2.00. The number of fused-ring (bicyclic) bond motifs is 1. The van der Waals surface area contributed by atoms with Gasteiger partial charge in [0.15, 0.2) is 5.11 Å². The van der Waals surface area contributed by atoms with Crippen molar-refractivity contribution < 1.29 is 0 Å². The number of benzene rings is 1. The number of rotatable bonds is 0. The van der Waals surface area contributed by atoms with Crippen molar-refractivity contribution in [1.82, 2.24) is 9.47 Å². The van der Waals surface area contributed by atoms with Crippen LogP contribution >= 0.6 is 28.1 Å². The van der Waals surface area contributed by atoms with E-state index >= 15 is 0 Å². The molecular formula is C11H11BrN2S. The molecule has 0 aliphatic carbocycles. The van der Waals surface area contributed by atoms with Crippen LogP contribution in [0.2, 0.25) is 0 Å². The van der Waals surface area contributed by atoms with Crippen LogP contribution in [-0.4, -0.2) is 28.7 Å². The molecule has 0 fully saturated rings. The van der Waals surface area contributed by atoms with Crippen molar-refractivity contribution >= 4 is 44.2 Å². The minimum absolute atomic E-state index is 0.795. The highest BCUT2D eigenvalue weighted by Gasteiger charge is 2.08. The average molecular weight is 283 g/mol. The maximum absolute atomic E-state index is 5.34. The van der Waals surface area contributed by atoms with Crippen molar-refractivity contribution in [2.75, 3.05) is 14.1 Å². The fourth-order valence-corrected chi connectivity index (χ4v) is 2.16. The van der Waals surface area contributed by atoms with E-state index in [4.69, 9.17) is 12.2 Å². The number of aromatic nitrogens is 1. The van der Waals surface area contributed by atoms with Gasteiger partial charge in [0.25, 0.3) is 0 Å². The summed E-state index contributed by atoms with van der Waals surface area (Å²) in [5, 5.41) is 1.98. The zero-order valence-electron chi connectivity index (χ0n) is 8.57. The smallest absolute Gasteiger partial charge is 0.179 e. The first-order valence-electron chi connectivity index (χ1n) is 4.58. The molecular weight excluding hydrogens is 272 g/mol. The highest BCUT2D eigenvalue weighted by atomic mass is 79.9. The van der Waals surface area contributed by atoms with Gasteiger partial charge in [0.2, 0.25) is 0 Å². The zero-order valence-corrected chi connectivity index (χ0v) is 11.0. The molecule has 0 N–H and O–H groups in total. The van der Waals surface area contributed by atoms with Crippen molar-refractivity contribution in [2.24, 2.45) is 0 Å². The molecule has 2 aromatic rings. The summed E-state index contributed by atoms with van der Waals surface area (Å²) in [5.74, 6) is 0. The molecule has 0 aliphatic heterocycles. The average Bonchev–Trinajstić information content (AvgIpc) is 2.61. The molecule has 0 spiro atoms. The summed E-state index contributed by atoms with van der Waals surface area (Å²) in [5.41, 5.74) is 1.13. The van der Waals surface area contributed by atoms with Crippen LogP contribution < -0.4 is 0 Å². The first kappa shape index (κ1) is 10.6. The third-order valence-electron chi connectivity index (χ3n) is 2.27. The van der Waals surface area contributed by atoms with Gasteiger partial charge < -0.3 is 4.90 Å². The third-order valence-corrected chi connectivity index (χ3v) is 3.52. The molecule has 15 heavy (non-hydrogen) atoms. The van der Waals surface area contributed by atoms with Crippen LogP contribution in [0.1, 0.15) is 0 Å². The lowest BCUT2D eigenvalue weighted by molar-refractivity contribution is 0.614. The van der Waals surface area contributed by atoms with Gasteiger partial charge in [0.05, 0.1) is 5.52 Å². The molecule has 0 saturated carbocycles. The Kier molecular flexibility index (Phi) is 2.80. The van der Waals surface area contributed by atoms with Gasteiger partial charge in [-0.1, -0.05) is 22.0 Å². The summed E-state index contributed by atoms with van der Waals surface area (Å²) in [6, 6.07) is 8.18. The highest BCUT2D eigenvalue weighted by Crippen LogP contribution is 2.24. The van der Waals surface area contributed by atoms with Crippen molar-refractivity contribution in [1.29, 1.82) is 0 Å². The van der Waals surface area contributed by atoms with E-state index < -0.39 is 0 Å². The van der Waals surface area contributed by atoms with Crippen LogP contribution in [0.5, 0.6) is 0 Å². The predicted molar refractivity (Wildman–Crippen MR) is 71.3 cm³/mol. The van der Waals surface area contributed by atoms with Gasteiger partial charge in [0, 0.05) is 30.2 Å². The predicted octanol–water partition coefficient (Wildman–Crippen LogP) is 3.10. The number of thiocarbonyl (C=S) groups is 1. The summed E-state index contributed by atoms with van der Waals surface area (Å²) in [7, 11) is 3.90. The SMILES string of the molecule is CN(C)C(=S)n1ccc2c(Br)cccc21. The van der Waals surface area contributed by atoms with Crippen LogP contribution in [0, 0.1) is 0 Å². The quantitative estimate of drug-likeness (QED) is 0.686. The molecule has 78 valence electrons. The van der Waals surface area contributed by atoms with E-state index in [1.54, 1.807) is 0 Å². The van der Waals surface area contributed by atoms with E-state index in [2.05, 4.69) is 28.1 Å². The van der Waals surface area contributed by atoms with Gasteiger partial charge in [-0.2, -0.15) is 0 Å². The van der Waals surface area contributed by atoms with Gasteiger partial charge in [-0.15, -0.1) is 0 Å². The number of halogens is 1. The van der Waals surface area contributed by atoms with Crippen molar-refractivity contribution in [3.8, 4) is 0 Å². The largest absolute Gasteiger partial charge is 0.355 e. The first-order chi connectivity index (χ1) is 7.11. The van der Waals surface area contributed by atoms with Crippen LogP contribution in [0.3, 0.4) is 0 Å². The number of hydrogen-bond acceptors (Lipinski definition) is 1. The standard InChI is InChI=1S/C11H11BrN2S/c1-13(2)11(15)14-7-6-8-9(12)4-3-5-10(8)14/h3-7H,1-2H3. The molecule has 0 unspecified atom stereocenters. The number of nitrogens with zero attached hydrogens (tertiary/aromatic N) is 2. The van der Waals surface area contributed by atoms with Crippen LogP contribution in [0.4, 0.5) is 0 Å². The van der Waals surface area contributed by atoms with Crippen LogP contribution in [0.25, 0.3) is 10.9 Å². The monoisotopic (exact) mass is 282 g/mol. The Hall–Kier alpha value is -0.870. The molecule has 0 atom stereocenters. The van der Waals surface area contributed by atoms with Crippen molar-refractivity contribution in [3.05, 3.63) is 34.9 Å². The molecule has 2 nitrogen and oxygen atoms in total. The van der Waals surface area contributed by atoms with E-state index in [1.165, 1.54) is 5.39 Å². The van der Waals surface area contributed by atoms with Crippen LogP contribution in [-0.2, 0) is 0 Å². The fraction of sp³-hybridized carbons (Fsp3) is 0.182. The number of hydrogen-bond donors (Lipinski definition) is 0. The molecule has 0 radical (unpaired) electrons. The Morgan fingerprint density at radius 3 is 2.73 bits per heavy atom. The Morgan fingerprint density at radius 1 is 1.33 bits per heavy atom. The molecule has 0 amide bonds. The summed E-state index contributed by atoms with van der Waals surface area (Å²) < 4.78 is 3.11. The summed E-state index contributed by atoms with van der Waals surface area (Å²) in [4.78, 5) is 1.93. The first-order valence-corrected chi connectivity index (χ1v) is 5.78. The normalized spacial score (nSPS) is 10.6. The Balaban J connectivity index is 2.64. The Bertz CT molecular complexity index is 516. The molecule has 0 saturated heterocycles. The maximum atomic E-state index is 5.34. The minimum atomic E-state index is 0.795. The van der Waals surface area contributed by atoms with Crippen molar-refractivity contribution in [2.45, 2.75) is 0 Å².